The van der Waals surface area contributed by atoms with Gasteiger partial charge in [0.05, 0.1) is 17.5 Å². The van der Waals surface area contributed by atoms with Crippen molar-refractivity contribution >= 4 is 33.1 Å². The first-order chi connectivity index (χ1) is 13.6. The van der Waals surface area contributed by atoms with Gasteiger partial charge < -0.3 is 5.32 Å². The Bertz CT molecular complexity index is 1200. The Labute approximate surface area is 163 Å². The lowest BCUT2D eigenvalue weighted by molar-refractivity contribution is -0.115. The molecule has 0 unspecified atom stereocenters. The van der Waals surface area contributed by atoms with Crippen molar-refractivity contribution in [1.29, 1.82) is 0 Å². The number of anilines is 1. The van der Waals surface area contributed by atoms with Crippen LogP contribution in [0.1, 0.15) is 19.5 Å². The molecule has 0 aliphatic heterocycles. The van der Waals surface area contributed by atoms with Gasteiger partial charge in [-0.1, -0.05) is 62.4 Å². The standard InChI is InChI=1S/C21H17N3O2.C2H6/c1-24-21(26)18-9-5-4-8-17(18)19(23-24)13-20(25)22-16-11-10-14-6-2-3-7-15(14)12-16;1-2/h2-12H,13H2,1H3,(H,22,25);1-2H3. The summed E-state index contributed by atoms with van der Waals surface area (Å²) in [5.74, 6) is -0.170. The zero-order valence-electron chi connectivity index (χ0n) is 16.3. The second-order valence-electron chi connectivity index (χ2n) is 6.21. The summed E-state index contributed by atoms with van der Waals surface area (Å²) in [5.41, 5.74) is 1.16. The summed E-state index contributed by atoms with van der Waals surface area (Å²) in [4.78, 5) is 24.7. The van der Waals surface area contributed by atoms with Crippen molar-refractivity contribution in [3.05, 3.63) is 82.8 Å². The highest BCUT2D eigenvalue weighted by molar-refractivity contribution is 5.97. The van der Waals surface area contributed by atoms with E-state index in [2.05, 4.69) is 10.4 Å². The molecule has 1 heterocycles. The summed E-state index contributed by atoms with van der Waals surface area (Å²) in [7, 11) is 1.60. The van der Waals surface area contributed by atoms with Gasteiger partial charge in [0.25, 0.3) is 5.56 Å². The van der Waals surface area contributed by atoms with Crippen LogP contribution in [0.5, 0.6) is 0 Å². The van der Waals surface area contributed by atoms with Crippen LogP contribution in [0.15, 0.2) is 71.5 Å². The highest BCUT2D eigenvalue weighted by Gasteiger charge is 2.12. The summed E-state index contributed by atoms with van der Waals surface area (Å²) < 4.78 is 1.28. The molecular weight excluding hydrogens is 350 g/mol. The molecule has 0 fully saturated rings. The monoisotopic (exact) mass is 373 g/mol. The molecule has 0 aliphatic rings. The quantitative estimate of drug-likeness (QED) is 0.582. The number of carbonyl (C=O) groups is 1. The lowest BCUT2D eigenvalue weighted by Gasteiger charge is -2.09. The van der Waals surface area contributed by atoms with Crippen molar-refractivity contribution in [3.63, 3.8) is 0 Å². The molecular formula is C23H23N3O2. The number of nitrogens with one attached hydrogen (secondary N) is 1. The van der Waals surface area contributed by atoms with Gasteiger partial charge >= 0.3 is 0 Å². The van der Waals surface area contributed by atoms with Gasteiger partial charge in [0.15, 0.2) is 0 Å². The molecule has 0 spiro atoms. The zero-order valence-corrected chi connectivity index (χ0v) is 16.3. The van der Waals surface area contributed by atoms with E-state index in [1.54, 1.807) is 13.1 Å². The summed E-state index contributed by atoms with van der Waals surface area (Å²) in [6.45, 7) is 4.00. The number of nitrogens with zero attached hydrogens (tertiary/aromatic N) is 2. The van der Waals surface area contributed by atoms with Gasteiger partial charge in [0, 0.05) is 18.1 Å². The summed E-state index contributed by atoms with van der Waals surface area (Å²) in [6, 6.07) is 21.0. The van der Waals surface area contributed by atoms with E-state index < -0.39 is 0 Å². The fourth-order valence-electron chi connectivity index (χ4n) is 3.13. The van der Waals surface area contributed by atoms with Crippen molar-refractivity contribution in [1.82, 2.24) is 9.78 Å². The molecule has 5 nitrogen and oxygen atoms in total. The molecule has 0 saturated carbocycles. The smallest absolute Gasteiger partial charge is 0.274 e. The average Bonchev–Trinajstić information content (AvgIpc) is 2.73. The maximum Gasteiger partial charge on any atom is 0.274 e. The van der Waals surface area contributed by atoms with E-state index in [4.69, 9.17) is 0 Å². The Morgan fingerprint density at radius 2 is 1.57 bits per heavy atom. The largest absolute Gasteiger partial charge is 0.326 e. The van der Waals surface area contributed by atoms with E-state index in [0.29, 0.717) is 16.5 Å². The summed E-state index contributed by atoms with van der Waals surface area (Å²) in [6.07, 6.45) is 0.0987. The topological polar surface area (TPSA) is 64.0 Å². The number of aromatic nitrogens is 2. The highest BCUT2D eigenvalue weighted by atomic mass is 16.1. The van der Waals surface area contributed by atoms with Crippen LogP contribution in [0.2, 0.25) is 0 Å². The van der Waals surface area contributed by atoms with Gasteiger partial charge in [0.2, 0.25) is 5.91 Å². The maximum atomic E-state index is 12.5. The van der Waals surface area contributed by atoms with Gasteiger partial charge in [-0.25, -0.2) is 4.68 Å². The maximum absolute atomic E-state index is 12.5. The van der Waals surface area contributed by atoms with Crippen LogP contribution >= 0.6 is 0 Å². The Balaban J connectivity index is 0.00000109. The van der Waals surface area contributed by atoms with Gasteiger partial charge in [-0.3, -0.25) is 9.59 Å². The minimum Gasteiger partial charge on any atom is -0.326 e. The van der Waals surface area contributed by atoms with Gasteiger partial charge in [0.1, 0.15) is 0 Å². The molecule has 28 heavy (non-hydrogen) atoms. The van der Waals surface area contributed by atoms with Crippen molar-refractivity contribution in [2.45, 2.75) is 20.3 Å². The Morgan fingerprint density at radius 1 is 0.929 bits per heavy atom. The molecule has 1 N–H and O–H groups in total. The molecule has 0 saturated heterocycles. The number of hydrogen-bond acceptors (Lipinski definition) is 3. The van der Waals surface area contributed by atoms with E-state index in [1.165, 1.54) is 4.68 Å². The Morgan fingerprint density at radius 3 is 2.32 bits per heavy atom. The second-order valence-corrected chi connectivity index (χ2v) is 6.21. The van der Waals surface area contributed by atoms with Crippen LogP contribution in [0.25, 0.3) is 21.5 Å². The van der Waals surface area contributed by atoms with E-state index in [-0.39, 0.29) is 17.9 Å². The normalized spacial score (nSPS) is 10.4. The lowest BCUT2D eigenvalue weighted by Crippen LogP contribution is -2.24. The van der Waals surface area contributed by atoms with Crippen molar-refractivity contribution in [2.75, 3.05) is 5.32 Å². The van der Waals surface area contributed by atoms with Gasteiger partial charge in [-0.2, -0.15) is 5.10 Å². The fourth-order valence-corrected chi connectivity index (χ4v) is 3.13. The average molecular weight is 373 g/mol. The van der Waals surface area contributed by atoms with Crippen LogP contribution in [-0.4, -0.2) is 15.7 Å². The Kier molecular flexibility index (Phi) is 5.84. The number of hydrogen-bond donors (Lipinski definition) is 1. The second kappa shape index (κ2) is 8.48. The fraction of sp³-hybridized carbons (Fsp3) is 0.174. The van der Waals surface area contributed by atoms with Crippen LogP contribution in [-0.2, 0) is 18.3 Å². The number of amides is 1. The molecule has 1 aromatic heterocycles. The molecule has 0 aliphatic carbocycles. The minimum absolute atomic E-state index is 0.0987. The number of rotatable bonds is 3. The molecule has 5 heteroatoms. The van der Waals surface area contributed by atoms with Crippen LogP contribution in [0, 0.1) is 0 Å². The van der Waals surface area contributed by atoms with E-state index >= 15 is 0 Å². The SMILES string of the molecule is CC.Cn1nc(CC(=O)Nc2ccc3ccccc3c2)c2ccccc2c1=O. The highest BCUT2D eigenvalue weighted by Crippen LogP contribution is 2.19. The van der Waals surface area contributed by atoms with Crippen LogP contribution < -0.4 is 10.9 Å². The number of benzene rings is 3. The number of fused-ring (bicyclic) bond motifs is 2. The van der Waals surface area contributed by atoms with E-state index in [9.17, 15) is 9.59 Å². The molecule has 3 aromatic carbocycles. The first-order valence-electron chi connectivity index (χ1n) is 9.35. The summed E-state index contributed by atoms with van der Waals surface area (Å²) >= 11 is 0. The first-order valence-corrected chi connectivity index (χ1v) is 9.35. The molecule has 1 amide bonds. The van der Waals surface area contributed by atoms with Crippen molar-refractivity contribution < 1.29 is 4.79 Å². The molecule has 0 bridgehead atoms. The summed E-state index contributed by atoms with van der Waals surface area (Å²) in [5, 5.41) is 10.7. The van der Waals surface area contributed by atoms with E-state index in [0.717, 1.165) is 16.5 Å². The van der Waals surface area contributed by atoms with E-state index in [1.807, 2.05) is 74.5 Å². The zero-order chi connectivity index (χ0) is 20.1. The van der Waals surface area contributed by atoms with Gasteiger partial charge in [-0.15, -0.1) is 0 Å². The number of aryl methyl sites for hydroxylation is 1. The molecule has 142 valence electrons. The minimum atomic E-state index is -0.170. The molecule has 0 radical (unpaired) electrons. The lowest BCUT2D eigenvalue weighted by atomic mass is 10.1. The third-order valence-electron chi connectivity index (χ3n) is 4.39. The third-order valence-corrected chi connectivity index (χ3v) is 4.39. The van der Waals surface area contributed by atoms with Gasteiger partial charge in [-0.05, 0) is 29.0 Å². The predicted octanol–water partition coefficient (Wildman–Crippen LogP) is 4.29. The molecule has 4 aromatic rings. The van der Waals surface area contributed by atoms with Crippen LogP contribution in [0.3, 0.4) is 0 Å². The molecule has 4 rings (SSSR count). The first kappa shape index (κ1) is 19.3. The third kappa shape index (κ3) is 3.93. The van der Waals surface area contributed by atoms with Crippen molar-refractivity contribution in [3.8, 4) is 0 Å². The van der Waals surface area contributed by atoms with Crippen molar-refractivity contribution in [2.24, 2.45) is 7.05 Å². The number of carbonyl (C=O) groups excluding carboxylic acids is 1. The van der Waals surface area contributed by atoms with Crippen LogP contribution in [0.4, 0.5) is 5.69 Å². The molecule has 0 atom stereocenters. The predicted molar refractivity (Wildman–Crippen MR) is 115 cm³/mol. The Hall–Kier alpha value is -3.47.